The minimum absolute atomic E-state index is 0.0214. The first-order valence-corrected chi connectivity index (χ1v) is 11.0. The zero-order valence-corrected chi connectivity index (χ0v) is 19.9. The summed E-state index contributed by atoms with van der Waals surface area (Å²) in [6.07, 6.45) is 3.33. The second-order valence-corrected chi connectivity index (χ2v) is 9.23. The van der Waals surface area contributed by atoms with Gasteiger partial charge in [-0.25, -0.2) is 4.98 Å². The van der Waals surface area contributed by atoms with Crippen molar-refractivity contribution >= 4 is 23.2 Å². The number of H-pyrrole nitrogens is 1. The highest BCUT2D eigenvalue weighted by atomic mass is 16.1. The first-order chi connectivity index (χ1) is 16.1. The fourth-order valence-electron chi connectivity index (χ4n) is 3.63. The second-order valence-electron chi connectivity index (χ2n) is 9.23. The van der Waals surface area contributed by atoms with Crippen LogP contribution in [0.3, 0.4) is 0 Å². The quantitative estimate of drug-likeness (QED) is 0.401. The summed E-state index contributed by atoms with van der Waals surface area (Å²) in [6, 6.07) is 15.0. The Morgan fingerprint density at radius 1 is 1.06 bits per heavy atom. The number of aromatic amines is 1. The first-order valence-electron chi connectivity index (χ1n) is 11.0. The van der Waals surface area contributed by atoms with Crippen LogP contribution in [0.25, 0.3) is 11.3 Å². The Kier molecular flexibility index (Phi) is 6.06. The minimum Gasteiger partial charge on any atom is -0.322 e. The molecule has 0 radical (unpaired) electrons. The van der Waals surface area contributed by atoms with Gasteiger partial charge >= 0.3 is 0 Å². The maximum atomic E-state index is 12.9. The van der Waals surface area contributed by atoms with E-state index < -0.39 is 0 Å². The van der Waals surface area contributed by atoms with Crippen molar-refractivity contribution in [2.75, 3.05) is 10.6 Å². The van der Waals surface area contributed by atoms with Crippen LogP contribution >= 0.6 is 0 Å². The number of hydrogen-bond donors (Lipinski definition) is 3. The minimum atomic E-state index is -0.271. The van der Waals surface area contributed by atoms with Crippen LogP contribution in [0.5, 0.6) is 0 Å². The Balaban J connectivity index is 1.63. The van der Waals surface area contributed by atoms with Crippen LogP contribution in [0, 0.1) is 6.92 Å². The van der Waals surface area contributed by atoms with Crippen molar-refractivity contribution in [1.82, 2.24) is 19.7 Å². The number of anilines is 3. The summed E-state index contributed by atoms with van der Waals surface area (Å²) in [5.41, 5.74) is 4.44. The maximum Gasteiger partial charge on any atom is 0.293 e. The molecule has 3 N–H and O–H groups in total. The van der Waals surface area contributed by atoms with Gasteiger partial charge in [0.25, 0.3) is 11.5 Å². The monoisotopic (exact) mass is 456 g/mol. The molecule has 0 aliphatic heterocycles. The molecule has 34 heavy (non-hydrogen) atoms. The molecule has 0 spiro atoms. The average Bonchev–Trinajstić information content (AvgIpc) is 3.31. The normalized spacial score (nSPS) is 11.3. The lowest BCUT2D eigenvalue weighted by Gasteiger charge is -2.19. The number of aryl methyl sites for hydroxylation is 1. The molecule has 1 amide bonds. The molecule has 2 aromatic heterocycles. The predicted octanol–water partition coefficient (Wildman–Crippen LogP) is 4.77. The number of carbonyl (C=O) groups is 1. The molecule has 8 heteroatoms. The molecule has 4 aromatic rings. The predicted molar refractivity (Wildman–Crippen MR) is 135 cm³/mol. The maximum absolute atomic E-state index is 12.9. The third-order valence-electron chi connectivity index (χ3n) is 5.69. The van der Waals surface area contributed by atoms with E-state index in [0.29, 0.717) is 22.8 Å². The first kappa shape index (κ1) is 23.0. The number of rotatable bonds is 5. The average molecular weight is 457 g/mol. The molecule has 174 valence electrons. The number of benzene rings is 2. The largest absolute Gasteiger partial charge is 0.322 e. The molecule has 2 aromatic carbocycles. The summed E-state index contributed by atoms with van der Waals surface area (Å²) >= 11 is 0. The zero-order valence-electron chi connectivity index (χ0n) is 19.9. The van der Waals surface area contributed by atoms with Crippen LogP contribution in [0.15, 0.2) is 65.7 Å². The smallest absolute Gasteiger partial charge is 0.293 e. The van der Waals surface area contributed by atoms with Gasteiger partial charge in [-0.1, -0.05) is 45.0 Å². The van der Waals surface area contributed by atoms with E-state index in [0.717, 1.165) is 11.1 Å². The van der Waals surface area contributed by atoms with E-state index in [1.807, 2.05) is 49.4 Å². The lowest BCUT2D eigenvalue weighted by molar-refractivity contribution is 0.102. The molecule has 0 saturated carbocycles. The van der Waals surface area contributed by atoms with E-state index in [2.05, 4.69) is 46.6 Å². The van der Waals surface area contributed by atoms with Crippen LogP contribution in [0.4, 0.5) is 17.3 Å². The molecule has 0 bridgehead atoms. The van der Waals surface area contributed by atoms with Gasteiger partial charge in [0.15, 0.2) is 11.6 Å². The molecule has 0 atom stereocenters. The van der Waals surface area contributed by atoms with Gasteiger partial charge < -0.3 is 15.2 Å². The van der Waals surface area contributed by atoms with Gasteiger partial charge in [0.05, 0.1) is 5.69 Å². The van der Waals surface area contributed by atoms with Gasteiger partial charge in [0.2, 0.25) is 0 Å². The summed E-state index contributed by atoms with van der Waals surface area (Å²) in [5.74, 6) is 0.479. The van der Waals surface area contributed by atoms with E-state index in [-0.39, 0.29) is 22.7 Å². The van der Waals surface area contributed by atoms with E-state index in [9.17, 15) is 9.59 Å². The molecule has 0 aliphatic rings. The van der Waals surface area contributed by atoms with Crippen molar-refractivity contribution in [2.24, 2.45) is 7.05 Å². The zero-order chi connectivity index (χ0) is 24.5. The molecular formula is C26H28N6O2. The second kappa shape index (κ2) is 8.97. The summed E-state index contributed by atoms with van der Waals surface area (Å²) in [4.78, 5) is 30.0. The molecule has 4 rings (SSSR count). The number of aromatic nitrogens is 4. The lowest BCUT2D eigenvalue weighted by atomic mass is 9.86. The molecule has 8 nitrogen and oxygen atoms in total. The Hall–Kier alpha value is -4.20. The summed E-state index contributed by atoms with van der Waals surface area (Å²) < 4.78 is 1.47. The van der Waals surface area contributed by atoms with Crippen LogP contribution in [0.1, 0.15) is 42.3 Å². The highest BCUT2D eigenvalue weighted by Gasteiger charge is 2.16. The molecule has 0 saturated heterocycles. The fourth-order valence-corrected chi connectivity index (χ4v) is 3.63. The van der Waals surface area contributed by atoms with Crippen molar-refractivity contribution < 1.29 is 4.79 Å². The SMILES string of the molecule is Cc1c(NC(=O)c2ccc(C(C)(C)C)cc2)cccc1-c1cn(C)c(=O)c(Nc2cc[nH]n2)n1. The third kappa shape index (κ3) is 4.76. The van der Waals surface area contributed by atoms with E-state index in [4.69, 9.17) is 0 Å². The number of hydrogen-bond acceptors (Lipinski definition) is 5. The van der Waals surface area contributed by atoms with E-state index in [1.165, 1.54) is 10.1 Å². The Morgan fingerprint density at radius 2 is 1.79 bits per heavy atom. The lowest BCUT2D eigenvalue weighted by Crippen LogP contribution is -2.21. The van der Waals surface area contributed by atoms with Crippen LogP contribution in [0.2, 0.25) is 0 Å². The summed E-state index contributed by atoms with van der Waals surface area (Å²) in [7, 11) is 1.67. The Labute approximate surface area is 198 Å². The Morgan fingerprint density at radius 3 is 2.44 bits per heavy atom. The topological polar surface area (TPSA) is 105 Å². The van der Waals surface area contributed by atoms with Gasteiger partial charge in [-0.2, -0.15) is 5.10 Å². The van der Waals surface area contributed by atoms with Crippen molar-refractivity contribution in [1.29, 1.82) is 0 Å². The van der Waals surface area contributed by atoms with Crippen molar-refractivity contribution in [2.45, 2.75) is 33.1 Å². The molecule has 0 fully saturated rings. The number of nitrogens with zero attached hydrogens (tertiary/aromatic N) is 3. The van der Waals surface area contributed by atoms with Crippen LogP contribution < -0.4 is 16.2 Å². The van der Waals surface area contributed by atoms with Crippen molar-refractivity contribution in [3.05, 3.63) is 88.0 Å². The molecule has 2 heterocycles. The third-order valence-corrected chi connectivity index (χ3v) is 5.69. The molecular weight excluding hydrogens is 428 g/mol. The van der Waals surface area contributed by atoms with Crippen LogP contribution in [-0.4, -0.2) is 25.7 Å². The van der Waals surface area contributed by atoms with Crippen LogP contribution in [-0.2, 0) is 12.5 Å². The number of carbonyl (C=O) groups excluding carboxylic acids is 1. The van der Waals surface area contributed by atoms with E-state index in [1.54, 1.807) is 25.5 Å². The standard InChI is InChI=1S/C26H28N6O2/c1-16-19(21-15-32(5)25(34)23(28-21)30-22-13-14-27-31-22)7-6-8-20(16)29-24(33)17-9-11-18(12-10-17)26(2,3)4/h6-15H,1-5H3,(H,29,33)(H2,27,28,30,31). The summed E-state index contributed by atoms with van der Waals surface area (Å²) in [6.45, 7) is 8.33. The van der Waals surface area contributed by atoms with Crippen molar-refractivity contribution in [3.63, 3.8) is 0 Å². The molecule has 0 aliphatic carbocycles. The number of amides is 1. The van der Waals surface area contributed by atoms with Gasteiger partial charge in [-0.05, 0) is 41.7 Å². The van der Waals surface area contributed by atoms with Crippen molar-refractivity contribution in [3.8, 4) is 11.3 Å². The van der Waals surface area contributed by atoms with Gasteiger partial charge in [-0.15, -0.1) is 0 Å². The van der Waals surface area contributed by atoms with Gasteiger partial charge in [0, 0.05) is 42.3 Å². The van der Waals surface area contributed by atoms with Gasteiger partial charge in [0.1, 0.15) is 0 Å². The fraction of sp³-hybridized carbons (Fsp3) is 0.231. The Bertz CT molecular complexity index is 1380. The van der Waals surface area contributed by atoms with E-state index >= 15 is 0 Å². The van der Waals surface area contributed by atoms with Gasteiger partial charge in [-0.3, -0.25) is 14.7 Å². The highest BCUT2D eigenvalue weighted by molar-refractivity contribution is 6.05. The summed E-state index contributed by atoms with van der Waals surface area (Å²) in [5, 5.41) is 12.7. The highest BCUT2D eigenvalue weighted by Crippen LogP contribution is 2.28. The number of nitrogens with one attached hydrogen (secondary N) is 3. The molecule has 0 unspecified atom stereocenters.